The van der Waals surface area contributed by atoms with E-state index in [1.807, 2.05) is 18.2 Å². The van der Waals surface area contributed by atoms with Gasteiger partial charge in [-0.3, -0.25) is 0 Å². The highest BCUT2D eigenvalue weighted by Gasteiger charge is 1.84. The number of azo groups is 1. The van der Waals surface area contributed by atoms with Gasteiger partial charge in [0.25, 0.3) is 0 Å². The molecule has 1 rings (SSSR count). The van der Waals surface area contributed by atoms with Crippen LogP contribution in [0.3, 0.4) is 0 Å². The van der Waals surface area contributed by atoms with Gasteiger partial charge in [0.05, 0.1) is 11.9 Å². The summed E-state index contributed by atoms with van der Waals surface area (Å²) in [6, 6.07) is 9.08. The molecule has 0 amide bonds. The zero-order valence-corrected chi connectivity index (χ0v) is 6.79. The third-order valence-electron chi connectivity index (χ3n) is 1.21. The molecule has 0 radical (unpaired) electrons. The molecular formula is C9H8N2O2. The van der Waals surface area contributed by atoms with Crippen molar-refractivity contribution in [3.63, 3.8) is 0 Å². The van der Waals surface area contributed by atoms with Crippen molar-refractivity contribution in [3.05, 3.63) is 42.6 Å². The SMILES string of the molecule is O=C(O)C=CN=Nc1ccccc1. The largest absolute Gasteiger partial charge is 0.478 e. The van der Waals surface area contributed by atoms with Crippen molar-refractivity contribution >= 4 is 11.7 Å². The summed E-state index contributed by atoms with van der Waals surface area (Å²) < 4.78 is 0. The molecular weight excluding hydrogens is 168 g/mol. The standard InChI is InChI=1S/C9H8N2O2/c12-9(13)6-7-10-11-8-4-2-1-3-5-8/h1-7H,(H,12,13). The van der Waals surface area contributed by atoms with E-state index in [0.717, 1.165) is 12.3 Å². The van der Waals surface area contributed by atoms with Gasteiger partial charge >= 0.3 is 5.97 Å². The van der Waals surface area contributed by atoms with Crippen molar-refractivity contribution in [1.82, 2.24) is 0 Å². The Hall–Kier alpha value is -1.97. The van der Waals surface area contributed by atoms with E-state index in [1.54, 1.807) is 12.1 Å². The van der Waals surface area contributed by atoms with Gasteiger partial charge in [-0.2, -0.15) is 10.2 Å². The Morgan fingerprint density at radius 2 is 2.00 bits per heavy atom. The number of hydrogen-bond acceptors (Lipinski definition) is 3. The highest BCUT2D eigenvalue weighted by atomic mass is 16.4. The summed E-state index contributed by atoms with van der Waals surface area (Å²) in [6.07, 6.45) is 2.06. The number of nitrogens with zero attached hydrogens (tertiary/aromatic N) is 2. The lowest BCUT2D eigenvalue weighted by Crippen LogP contribution is -1.83. The Labute approximate surface area is 75.2 Å². The molecule has 0 aliphatic rings. The van der Waals surface area contributed by atoms with E-state index < -0.39 is 5.97 Å². The van der Waals surface area contributed by atoms with Gasteiger partial charge in [-0.05, 0) is 12.1 Å². The van der Waals surface area contributed by atoms with Crippen LogP contribution >= 0.6 is 0 Å². The van der Waals surface area contributed by atoms with Crippen molar-refractivity contribution in [2.24, 2.45) is 10.2 Å². The zero-order chi connectivity index (χ0) is 9.52. The number of carboxylic acid groups (broad SMARTS) is 1. The molecule has 0 spiro atoms. The number of benzene rings is 1. The number of carboxylic acids is 1. The lowest BCUT2D eigenvalue weighted by molar-refractivity contribution is -0.131. The molecule has 1 N–H and O–H groups in total. The molecule has 1 aromatic rings. The topological polar surface area (TPSA) is 62.0 Å². The van der Waals surface area contributed by atoms with E-state index in [0.29, 0.717) is 5.69 Å². The molecule has 13 heavy (non-hydrogen) atoms. The predicted molar refractivity (Wildman–Crippen MR) is 47.7 cm³/mol. The van der Waals surface area contributed by atoms with Crippen LogP contribution in [0.1, 0.15) is 0 Å². The number of rotatable bonds is 3. The van der Waals surface area contributed by atoms with Crippen LogP contribution in [0.15, 0.2) is 52.8 Å². The van der Waals surface area contributed by atoms with Gasteiger partial charge in [0, 0.05) is 6.08 Å². The fourth-order valence-electron chi connectivity index (χ4n) is 0.692. The van der Waals surface area contributed by atoms with Crippen LogP contribution in [0.4, 0.5) is 5.69 Å². The molecule has 0 unspecified atom stereocenters. The first-order valence-electron chi connectivity index (χ1n) is 3.64. The molecule has 0 saturated heterocycles. The number of carbonyl (C=O) groups is 1. The summed E-state index contributed by atoms with van der Waals surface area (Å²) in [5.74, 6) is -1.04. The first-order chi connectivity index (χ1) is 6.29. The average molecular weight is 176 g/mol. The van der Waals surface area contributed by atoms with E-state index in [4.69, 9.17) is 5.11 Å². The second-order valence-electron chi connectivity index (χ2n) is 2.20. The summed E-state index contributed by atoms with van der Waals surface area (Å²) >= 11 is 0. The van der Waals surface area contributed by atoms with E-state index >= 15 is 0 Å². The molecule has 0 aromatic heterocycles. The van der Waals surface area contributed by atoms with E-state index in [1.165, 1.54) is 0 Å². The van der Waals surface area contributed by atoms with Gasteiger partial charge in [-0.1, -0.05) is 18.2 Å². The molecule has 0 heterocycles. The van der Waals surface area contributed by atoms with Crippen LogP contribution in [0.25, 0.3) is 0 Å². The average Bonchev–Trinajstić information content (AvgIpc) is 2.14. The highest BCUT2D eigenvalue weighted by molar-refractivity contribution is 5.79. The number of aliphatic carboxylic acids is 1. The molecule has 0 fully saturated rings. The molecule has 4 nitrogen and oxygen atoms in total. The maximum absolute atomic E-state index is 10.0. The smallest absolute Gasteiger partial charge is 0.329 e. The maximum Gasteiger partial charge on any atom is 0.329 e. The Kier molecular flexibility index (Phi) is 3.38. The second kappa shape index (κ2) is 4.82. The van der Waals surface area contributed by atoms with Crippen molar-refractivity contribution in [3.8, 4) is 0 Å². The Balaban J connectivity index is 2.55. The van der Waals surface area contributed by atoms with Gasteiger partial charge in [0.1, 0.15) is 0 Å². The van der Waals surface area contributed by atoms with Crippen LogP contribution in [0.2, 0.25) is 0 Å². The van der Waals surface area contributed by atoms with Crippen LogP contribution < -0.4 is 0 Å². The Morgan fingerprint density at radius 1 is 1.31 bits per heavy atom. The minimum atomic E-state index is -1.04. The van der Waals surface area contributed by atoms with E-state index in [-0.39, 0.29) is 0 Å². The van der Waals surface area contributed by atoms with E-state index in [9.17, 15) is 4.79 Å². The minimum Gasteiger partial charge on any atom is -0.478 e. The van der Waals surface area contributed by atoms with Crippen molar-refractivity contribution in [2.45, 2.75) is 0 Å². The first-order valence-corrected chi connectivity index (χ1v) is 3.64. The molecule has 4 heteroatoms. The fourth-order valence-corrected chi connectivity index (χ4v) is 0.692. The summed E-state index contributed by atoms with van der Waals surface area (Å²) in [5, 5.41) is 15.5. The van der Waals surface area contributed by atoms with Gasteiger partial charge < -0.3 is 5.11 Å². The highest BCUT2D eigenvalue weighted by Crippen LogP contribution is 2.09. The monoisotopic (exact) mass is 176 g/mol. The molecule has 0 atom stereocenters. The van der Waals surface area contributed by atoms with Crippen molar-refractivity contribution < 1.29 is 9.90 Å². The first kappa shape index (κ1) is 9.12. The predicted octanol–water partition coefficient (Wildman–Crippen LogP) is 2.37. The van der Waals surface area contributed by atoms with Crippen molar-refractivity contribution in [1.29, 1.82) is 0 Å². The summed E-state index contributed by atoms with van der Waals surface area (Å²) in [4.78, 5) is 10.0. The molecule has 0 aliphatic heterocycles. The van der Waals surface area contributed by atoms with Crippen molar-refractivity contribution in [2.75, 3.05) is 0 Å². The molecule has 0 saturated carbocycles. The van der Waals surface area contributed by atoms with Gasteiger partial charge in [-0.25, -0.2) is 4.79 Å². The summed E-state index contributed by atoms with van der Waals surface area (Å²) in [7, 11) is 0. The van der Waals surface area contributed by atoms with Crippen LogP contribution in [-0.4, -0.2) is 11.1 Å². The molecule has 0 bridgehead atoms. The number of hydrogen-bond donors (Lipinski definition) is 1. The normalized spacial score (nSPS) is 11.1. The fraction of sp³-hybridized carbons (Fsp3) is 0. The lowest BCUT2D eigenvalue weighted by Gasteiger charge is -1.86. The minimum absolute atomic E-state index is 0.692. The van der Waals surface area contributed by atoms with E-state index in [2.05, 4.69) is 10.2 Å². The van der Waals surface area contributed by atoms with Gasteiger partial charge in [-0.15, -0.1) is 0 Å². The maximum atomic E-state index is 10.0. The Bertz CT molecular complexity index is 331. The third kappa shape index (κ3) is 3.81. The molecule has 66 valence electrons. The van der Waals surface area contributed by atoms with Crippen LogP contribution in [0.5, 0.6) is 0 Å². The molecule has 0 aliphatic carbocycles. The van der Waals surface area contributed by atoms with Crippen LogP contribution in [-0.2, 0) is 4.79 Å². The lowest BCUT2D eigenvalue weighted by atomic mass is 10.3. The molecule has 1 aromatic carbocycles. The van der Waals surface area contributed by atoms with Gasteiger partial charge in [0.2, 0.25) is 0 Å². The van der Waals surface area contributed by atoms with Gasteiger partial charge in [0.15, 0.2) is 0 Å². The second-order valence-corrected chi connectivity index (χ2v) is 2.20. The zero-order valence-electron chi connectivity index (χ0n) is 6.79. The van der Waals surface area contributed by atoms with Crippen LogP contribution in [0, 0.1) is 0 Å². The Morgan fingerprint density at radius 3 is 2.62 bits per heavy atom. The quantitative estimate of drug-likeness (QED) is 0.567. The summed E-state index contributed by atoms with van der Waals surface area (Å²) in [5.41, 5.74) is 0.692. The summed E-state index contributed by atoms with van der Waals surface area (Å²) in [6.45, 7) is 0. The third-order valence-corrected chi connectivity index (χ3v) is 1.21.